The standard InChI is InChI=1S/C21H25N5O3/c1-13-8-16(14-4-2-6-22-10-14)25-20-19(13)24-12-26(21(20)29)11-15(27)9-17-18(28)5-3-7-23-17/h2,4,6,8,10,12,15,17-18,23,27-28H,3,5,7,9,11H2,1H3/t15-,17+,18-/m0/s1. The van der Waals surface area contributed by atoms with Gasteiger partial charge >= 0.3 is 0 Å². The molecule has 1 aliphatic rings. The first kappa shape index (κ1) is 19.6. The number of fused-ring (bicyclic) bond motifs is 1. The SMILES string of the molecule is Cc1cc(-c2cccnc2)nc2c(=O)n(C[C@@H](O)C[C@H]3NCCC[C@@H]3O)cnc12. The summed E-state index contributed by atoms with van der Waals surface area (Å²) in [7, 11) is 0. The third-order valence-corrected chi connectivity index (χ3v) is 5.41. The Bertz CT molecular complexity index is 1050. The molecule has 0 unspecified atom stereocenters. The highest BCUT2D eigenvalue weighted by Crippen LogP contribution is 2.21. The molecule has 4 rings (SSSR count). The average molecular weight is 395 g/mol. The highest BCUT2D eigenvalue weighted by Gasteiger charge is 2.25. The zero-order valence-corrected chi connectivity index (χ0v) is 16.3. The maximum Gasteiger partial charge on any atom is 0.279 e. The van der Waals surface area contributed by atoms with Crippen LogP contribution < -0.4 is 10.9 Å². The Morgan fingerprint density at radius 3 is 3.00 bits per heavy atom. The molecular weight excluding hydrogens is 370 g/mol. The largest absolute Gasteiger partial charge is 0.392 e. The molecule has 8 heteroatoms. The van der Waals surface area contributed by atoms with Crippen LogP contribution in [0.4, 0.5) is 0 Å². The molecule has 0 bridgehead atoms. The van der Waals surface area contributed by atoms with Crippen LogP contribution >= 0.6 is 0 Å². The summed E-state index contributed by atoms with van der Waals surface area (Å²) in [6.45, 7) is 2.82. The number of rotatable bonds is 5. The number of hydrogen-bond acceptors (Lipinski definition) is 7. The van der Waals surface area contributed by atoms with Gasteiger partial charge in [-0.3, -0.25) is 14.3 Å². The van der Waals surface area contributed by atoms with Crippen LogP contribution in [0.15, 0.2) is 41.7 Å². The lowest BCUT2D eigenvalue weighted by Crippen LogP contribution is -2.47. The molecule has 3 atom stereocenters. The smallest absolute Gasteiger partial charge is 0.279 e. The van der Waals surface area contributed by atoms with Crippen LogP contribution in [0.2, 0.25) is 0 Å². The zero-order chi connectivity index (χ0) is 20.4. The Morgan fingerprint density at radius 1 is 1.38 bits per heavy atom. The molecule has 152 valence electrons. The predicted octanol–water partition coefficient (Wildman–Crippen LogP) is 1.03. The van der Waals surface area contributed by atoms with Gasteiger partial charge in [-0.25, -0.2) is 9.97 Å². The molecule has 0 aliphatic carbocycles. The van der Waals surface area contributed by atoms with Gasteiger partial charge in [-0.1, -0.05) is 0 Å². The van der Waals surface area contributed by atoms with Gasteiger partial charge in [0, 0.05) is 24.0 Å². The first-order valence-corrected chi connectivity index (χ1v) is 9.89. The molecule has 0 saturated carbocycles. The van der Waals surface area contributed by atoms with Gasteiger partial charge in [0.1, 0.15) is 0 Å². The van der Waals surface area contributed by atoms with E-state index in [1.807, 2.05) is 25.1 Å². The fourth-order valence-corrected chi connectivity index (χ4v) is 3.86. The number of hydrogen-bond donors (Lipinski definition) is 3. The number of nitrogens with one attached hydrogen (secondary N) is 1. The molecule has 3 N–H and O–H groups in total. The number of aliphatic hydroxyl groups excluding tert-OH is 2. The fourth-order valence-electron chi connectivity index (χ4n) is 3.86. The van der Waals surface area contributed by atoms with Crippen LogP contribution in [0.25, 0.3) is 22.3 Å². The lowest BCUT2D eigenvalue weighted by Gasteiger charge is -2.30. The maximum absolute atomic E-state index is 13.0. The van der Waals surface area contributed by atoms with E-state index < -0.39 is 12.2 Å². The van der Waals surface area contributed by atoms with Gasteiger partial charge in [-0.15, -0.1) is 0 Å². The van der Waals surface area contributed by atoms with Crippen molar-refractivity contribution in [2.45, 2.75) is 51.0 Å². The highest BCUT2D eigenvalue weighted by molar-refractivity contribution is 5.80. The van der Waals surface area contributed by atoms with Crippen molar-refractivity contribution < 1.29 is 10.2 Å². The molecule has 3 aromatic rings. The predicted molar refractivity (Wildman–Crippen MR) is 109 cm³/mol. The zero-order valence-electron chi connectivity index (χ0n) is 16.3. The molecule has 29 heavy (non-hydrogen) atoms. The van der Waals surface area contributed by atoms with Gasteiger partial charge in [0.15, 0.2) is 5.52 Å². The van der Waals surface area contributed by atoms with Crippen molar-refractivity contribution in [2.24, 2.45) is 0 Å². The van der Waals surface area contributed by atoms with E-state index in [0.29, 0.717) is 17.6 Å². The van der Waals surface area contributed by atoms with E-state index in [9.17, 15) is 15.0 Å². The third kappa shape index (κ3) is 4.19. The number of aromatic nitrogens is 4. The number of piperidine rings is 1. The first-order chi connectivity index (χ1) is 14.0. The molecule has 1 fully saturated rings. The average Bonchev–Trinajstić information content (AvgIpc) is 2.72. The van der Waals surface area contributed by atoms with E-state index in [1.54, 1.807) is 12.4 Å². The molecule has 1 aliphatic heterocycles. The van der Waals surface area contributed by atoms with Crippen molar-refractivity contribution in [1.29, 1.82) is 0 Å². The van der Waals surface area contributed by atoms with Crippen molar-refractivity contribution >= 4 is 11.0 Å². The van der Waals surface area contributed by atoms with Crippen LogP contribution in [-0.4, -0.2) is 54.5 Å². The number of nitrogens with zero attached hydrogens (tertiary/aromatic N) is 4. The number of aryl methyl sites for hydroxylation is 1. The second-order valence-corrected chi connectivity index (χ2v) is 7.63. The summed E-state index contributed by atoms with van der Waals surface area (Å²) in [4.78, 5) is 26.1. The Labute approximate surface area is 168 Å². The fraction of sp³-hybridized carbons (Fsp3) is 0.429. The molecular formula is C21H25N5O3. The summed E-state index contributed by atoms with van der Waals surface area (Å²) in [5, 5.41) is 23.8. The second kappa shape index (κ2) is 8.36. The van der Waals surface area contributed by atoms with Crippen molar-refractivity contribution in [3.63, 3.8) is 0 Å². The minimum atomic E-state index is -0.778. The van der Waals surface area contributed by atoms with E-state index in [-0.39, 0.29) is 23.7 Å². The van der Waals surface area contributed by atoms with Gasteiger partial charge in [-0.2, -0.15) is 0 Å². The Kier molecular flexibility index (Phi) is 5.66. The monoisotopic (exact) mass is 395 g/mol. The first-order valence-electron chi connectivity index (χ1n) is 9.89. The van der Waals surface area contributed by atoms with Crippen LogP contribution in [0.1, 0.15) is 24.8 Å². The maximum atomic E-state index is 13.0. The number of pyridine rings is 2. The molecule has 8 nitrogen and oxygen atoms in total. The highest BCUT2D eigenvalue weighted by atomic mass is 16.3. The van der Waals surface area contributed by atoms with Crippen molar-refractivity contribution in [2.75, 3.05) is 6.54 Å². The van der Waals surface area contributed by atoms with E-state index in [4.69, 9.17) is 0 Å². The second-order valence-electron chi connectivity index (χ2n) is 7.63. The molecule has 4 heterocycles. The van der Waals surface area contributed by atoms with E-state index in [2.05, 4.69) is 20.3 Å². The molecule has 1 saturated heterocycles. The van der Waals surface area contributed by atoms with Gasteiger partial charge in [0.25, 0.3) is 5.56 Å². The lowest BCUT2D eigenvalue weighted by molar-refractivity contribution is 0.0539. The molecule has 0 aromatic carbocycles. The van der Waals surface area contributed by atoms with Gasteiger partial charge in [0.05, 0.1) is 36.3 Å². The van der Waals surface area contributed by atoms with Crippen molar-refractivity contribution in [3.05, 3.63) is 52.8 Å². The summed E-state index contributed by atoms with van der Waals surface area (Å²) in [6.07, 6.45) is 5.61. The van der Waals surface area contributed by atoms with Crippen molar-refractivity contribution in [3.8, 4) is 11.3 Å². The summed E-state index contributed by atoms with van der Waals surface area (Å²) in [6, 6.07) is 5.44. The quantitative estimate of drug-likeness (QED) is 0.591. The van der Waals surface area contributed by atoms with Crippen molar-refractivity contribution in [1.82, 2.24) is 24.8 Å². The third-order valence-electron chi connectivity index (χ3n) is 5.41. The molecule has 0 spiro atoms. The van der Waals surface area contributed by atoms with Crippen LogP contribution in [0, 0.1) is 6.92 Å². The minimum Gasteiger partial charge on any atom is -0.392 e. The van der Waals surface area contributed by atoms with Gasteiger partial charge < -0.3 is 15.5 Å². The molecule has 0 radical (unpaired) electrons. The Balaban J connectivity index is 1.62. The van der Waals surface area contributed by atoms with Gasteiger partial charge in [-0.05, 0) is 56.5 Å². The van der Waals surface area contributed by atoms with Crippen LogP contribution in [-0.2, 0) is 6.54 Å². The Morgan fingerprint density at radius 2 is 2.24 bits per heavy atom. The summed E-state index contributed by atoms with van der Waals surface area (Å²) < 4.78 is 1.39. The topological polar surface area (TPSA) is 113 Å². The normalized spacial score (nSPS) is 20.7. The lowest BCUT2D eigenvalue weighted by atomic mass is 9.96. The summed E-state index contributed by atoms with van der Waals surface area (Å²) in [5.74, 6) is 0. The van der Waals surface area contributed by atoms with Crippen LogP contribution in [0.5, 0.6) is 0 Å². The molecule has 3 aromatic heterocycles. The summed E-state index contributed by atoms with van der Waals surface area (Å²) in [5.41, 5.74) is 2.87. The number of aliphatic hydroxyl groups is 2. The van der Waals surface area contributed by atoms with E-state index >= 15 is 0 Å². The van der Waals surface area contributed by atoms with Gasteiger partial charge in [0.2, 0.25) is 0 Å². The van der Waals surface area contributed by atoms with E-state index in [1.165, 1.54) is 10.9 Å². The molecule has 0 amide bonds. The Hall–Kier alpha value is -2.68. The van der Waals surface area contributed by atoms with Crippen LogP contribution in [0.3, 0.4) is 0 Å². The summed E-state index contributed by atoms with van der Waals surface area (Å²) >= 11 is 0. The minimum absolute atomic E-state index is 0.102. The van der Waals surface area contributed by atoms with E-state index in [0.717, 1.165) is 30.5 Å².